The molecule has 0 saturated heterocycles. The van der Waals surface area contributed by atoms with E-state index in [2.05, 4.69) is 21.7 Å². The summed E-state index contributed by atoms with van der Waals surface area (Å²) in [6.07, 6.45) is 2.91. The number of fused-ring (bicyclic) bond motifs is 1. The summed E-state index contributed by atoms with van der Waals surface area (Å²) in [6.45, 7) is 0. The first-order valence-corrected chi connectivity index (χ1v) is 8.41. The molecule has 6 heteroatoms. The van der Waals surface area contributed by atoms with Crippen molar-refractivity contribution in [1.29, 1.82) is 0 Å². The predicted octanol–water partition coefficient (Wildman–Crippen LogP) is 3.38. The van der Waals surface area contributed by atoms with Crippen molar-refractivity contribution in [3.63, 3.8) is 0 Å². The van der Waals surface area contributed by atoms with E-state index >= 15 is 0 Å². The highest BCUT2D eigenvalue weighted by molar-refractivity contribution is 7.98. The lowest BCUT2D eigenvalue weighted by atomic mass is 10.2. The quantitative estimate of drug-likeness (QED) is 0.324. The first-order chi connectivity index (χ1) is 11.7. The van der Waals surface area contributed by atoms with Crippen LogP contribution >= 0.6 is 11.8 Å². The van der Waals surface area contributed by atoms with Crippen molar-refractivity contribution >= 4 is 34.8 Å². The van der Waals surface area contributed by atoms with Gasteiger partial charge in [0.1, 0.15) is 0 Å². The number of thioether (sulfide) groups is 1. The number of benzene rings is 2. The zero-order chi connectivity index (χ0) is 16.9. The number of hydrogen-bond acceptors (Lipinski definition) is 4. The molecule has 0 bridgehead atoms. The molecule has 1 aromatic heterocycles. The maximum absolute atomic E-state index is 11.1. The fourth-order valence-electron chi connectivity index (χ4n) is 2.36. The Bertz CT molecular complexity index is 888. The number of nitrogens with one attached hydrogen (secondary N) is 1. The summed E-state index contributed by atoms with van der Waals surface area (Å²) in [7, 11) is 2.00. The summed E-state index contributed by atoms with van der Waals surface area (Å²) in [5.74, 6) is 0.303. The second kappa shape index (κ2) is 7.33. The van der Waals surface area contributed by atoms with Gasteiger partial charge in [0.15, 0.2) is 5.16 Å². The van der Waals surface area contributed by atoms with E-state index < -0.39 is 5.91 Å². The maximum atomic E-state index is 11.1. The highest BCUT2D eigenvalue weighted by Gasteiger charge is 2.08. The second-order valence-corrected chi connectivity index (χ2v) is 6.23. The number of carbonyl (C=O) groups is 1. The summed E-state index contributed by atoms with van der Waals surface area (Å²) in [4.78, 5) is 15.7. The minimum Gasteiger partial charge on any atom is -0.322 e. The SMILES string of the molecule is Cn1c(SCc2ccccc2)nc2cc(/C=C/C(=O)NO)ccc21. The molecule has 2 N–H and O–H groups in total. The van der Waals surface area contributed by atoms with Crippen LogP contribution in [0.15, 0.2) is 59.8 Å². The zero-order valence-electron chi connectivity index (χ0n) is 13.1. The minimum atomic E-state index is -0.560. The van der Waals surface area contributed by atoms with Crippen molar-refractivity contribution in [3.05, 3.63) is 65.7 Å². The zero-order valence-corrected chi connectivity index (χ0v) is 14.0. The van der Waals surface area contributed by atoms with Gasteiger partial charge >= 0.3 is 0 Å². The molecule has 24 heavy (non-hydrogen) atoms. The van der Waals surface area contributed by atoms with Gasteiger partial charge in [0, 0.05) is 18.9 Å². The molecule has 0 fully saturated rings. The Hall–Kier alpha value is -2.57. The first kappa shape index (κ1) is 16.3. The fourth-order valence-corrected chi connectivity index (χ4v) is 3.30. The molecule has 2 aromatic carbocycles. The standard InChI is InChI=1S/C18H17N3O2S/c1-21-16-9-7-13(8-10-17(22)20-23)11-15(16)19-18(21)24-12-14-5-3-2-4-6-14/h2-11,23H,12H2,1H3,(H,20,22)/b10-8+. The number of rotatable bonds is 5. The van der Waals surface area contributed by atoms with E-state index in [4.69, 9.17) is 5.21 Å². The van der Waals surface area contributed by atoms with Gasteiger partial charge in [0.25, 0.3) is 5.91 Å². The maximum Gasteiger partial charge on any atom is 0.267 e. The fraction of sp³-hybridized carbons (Fsp3) is 0.111. The smallest absolute Gasteiger partial charge is 0.267 e. The summed E-state index contributed by atoms with van der Waals surface area (Å²) in [6, 6.07) is 16.1. The Morgan fingerprint density at radius 2 is 2.08 bits per heavy atom. The van der Waals surface area contributed by atoms with Crippen LogP contribution in [0, 0.1) is 0 Å². The number of nitrogens with zero attached hydrogens (tertiary/aromatic N) is 2. The highest BCUT2D eigenvalue weighted by Crippen LogP contribution is 2.26. The molecule has 0 aliphatic rings. The number of aromatic nitrogens is 2. The average molecular weight is 339 g/mol. The molecule has 3 aromatic rings. The summed E-state index contributed by atoms with van der Waals surface area (Å²) in [5, 5.41) is 9.46. The Morgan fingerprint density at radius 3 is 2.83 bits per heavy atom. The number of hydrogen-bond donors (Lipinski definition) is 2. The third kappa shape index (κ3) is 3.67. The van der Waals surface area contributed by atoms with E-state index in [0.717, 1.165) is 27.5 Å². The molecular weight excluding hydrogens is 322 g/mol. The molecule has 0 radical (unpaired) electrons. The van der Waals surface area contributed by atoms with Crippen molar-refractivity contribution < 1.29 is 10.0 Å². The van der Waals surface area contributed by atoms with Crippen LogP contribution in [0.1, 0.15) is 11.1 Å². The molecular formula is C18H17N3O2S. The number of amides is 1. The minimum absolute atomic E-state index is 0.560. The Labute approximate surface area is 144 Å². The van der Waals surface area contributed by atoms with Gasteiger partial charge in [-0.05, 0) is 29.3 Å². The highest BCUT2D eigenvalue weighted by atomic mass is 32.2. The number of imidazole rings is 1. The van der Waals surface area contributed by atoms with Crippen molar-refractivity contribution in [3.8, 4) is 0 Å². The molecule has 0 aliphatic heterocycles. The number of carbonyl (C=O) groups excluding carboxylic acids is 1. The molecule has 0 spiro atoms. The Balaban J connectivity index is 1.81. The van der Waals surface area contributed by atoms with Gasteiger partial charge in [0.05, 0.1) is 11.0 Å². The molecule has 0 atom stereocenters. The molecule has 1 amide bonds. The lowest BCUT2D eigenvalue weighted by molar-refractivity contribution is -0.124. The van der Waals surface area contributed by atoms with E-state index in [-0.39, 0.29) is 0 Å². The van der Waals surface area contributed by atoms with E-state index in [1.54, 1.807) is 23.3 Å². The number of aryl methyl sites for hydroxylation is 1. The molecule has 0 saturated carbocycles. The van der Waals surface area contributed by atoms with Gasteiger partial charge in [-0.3, -0.25) is 10.0 Å². The monoisotopic (exact) mass is 339 g/mol. The number of hydroxylamine groups is 1. The van der Waals surface area contributed by atoms with Crippen molar-refractivity contribution in [2.45, 2.75) is 10.9 Å². The van der Waals surface area contributed by atoms with E-state index in [0.29, 0.717) is 0 Å². The van der Waals surface area contributed by atoms with Crippen LogP contribution in [0.4, 0.5) is 0 Å². The normalized spacial score (nSPS) is 11.2. The van der Waals surface area contributed by atoms with E-state index in [1.165, 1.54) is 11.6 Å². The van der Waals surface area contributed by atoms with Crippen LogP contribution in [-0.4, -0.2) is 20.7 Å². The third-order valence-corrected chi connectivity index (χ3v) is 4.71. The molecule has 5 nitrogen and oxygen atoms in total. The second-order valence-electron chi connectivity index (χ2n) is 5.29. The van der Waals surface area contributed by atoms with Crippen LogP contribution in [0.2, 0.25) is 0 Å². The third-order valence-electron chi connectivity index (χ3n) is 3.61. The summed E-state index contributed by atoms with van der Waals surface area (Å²) in [5.41, 5.74) is 5.59. The van der Waals surface area contributed by atoms with E-state index in [1.807, 2.05) is 43.4 Å². The first-order valence-electron chi connectivity index (χ1n) is 7.43. The van der Waals surface area contributed by atoms with Gasteiger partial charge in [-0.25, -0.2) is 10.5 Å². The molecule has 0 aliphatic carbocycles. The van der Waals surface area contributed by atoms with Crippen LogP contribution in [0.5, 0.6) is 0 Å². The van der Waals surface area contributed by atoms with Crippen LogP contribution in [0.3, 0.4) is 0 Å². The molecule has 122 valence electrons. The van der Waals surface area contributed by atoms with Crippen LogP contribution in [0.25, 0.3) is 17.1 Å². The largest absolute Gasteiger partial charge is 0.322 e. The topological polar surface area (TPSA) is 67.2 Å². The van der Waals surface area contributed by atoms with Crippen molar-refractivity contribution in [2.24, 2.45) is 7.05 Å². The van der Waals surface area contributed by atoms with Gasteiger partial charge in [0.2, 0.25) is 0 Å². The van der Waals surface area contributed by atoms with Crippen LogP contribution < -0.4 is 5.48 Å². The van der Waals surface area contributed by atoms with Gasteiger partial charge in [-0.15, -0.1) is 0 Å². The van der Waals surface area contributed by atoms with Crippen LogP contribution in [-0.2, 0) is 17.6 Å². The Morgan fingerprint density at radius 1 is 1.29 bits per heavy atom. The average Bonchev–Trinajstić information content (AvgIpc) is 2.94. The van der Waals surface area contributed by atoms with Gasteiger partial charge in [-0.1, -0.05) is 48.2 Å². The molecule has 1 heterocycles. The van der Waals surface area contributed by atoms with Gasteiger partial charge < -0.3 is 4.57 Å². The summed E-state index contributed by atoms with van der Waals surface area (Å²) >= 11 is 1.69. The summed E-state index contributed by atoms with van der Waals surface area (Å²) < 4.78 is 2.07. The van der Waals surface area contributed by atoms with Crippen molar-refractivity contribution in [2.75, 3.05) is 0 Å². The molecule has 0 unspecified atom stereocenters. The van der Waals surface area contributed by atoms with Gasteiger partial charge in [-0.2, -0.15) is 0 Å². The lowest BCUT2D eigenvalue weighted by Gasteiger charge is -2.02. The van der Waals surface area contributed by atoms with E-state index in [9.17, 15) is 4.79 Å². The predicted molar refractivity (Wildman–Crippen MR) is 95.7 cm³/mol. The Kier molecular flexibility index (Phi) is 4.98. The van der Waals surface area contributed by atoms with Crippen molar-refractivity contribution in [1.82, 2.24) is 15.0 Å². The molecule has 3 rings (SSSR count). The lowest BCUT2D eigenvalue weighted by Crippen LogP contribution is -2.14.